The van der Waals surface area contributed by atoms with Crippen LogP contribution in [0, 0.1) is 13.8 Å². The number of benzene rings is 2. The summed E-state index contributed by atoms with van der Waals surface area (Å²) in [5, 5.41) is 3.53. The summed E-state index contributed by atoms with van der Waals surface area (Å²) in [5.41, 5.74) is 9.49. The molecule has 1 amide bonds. The molecule has 0 aliphatic heterocycles. The maximum absolute atomic E-state index is 12.0. The number of halogens is 1. The van der Waals surface area contributed by atoms with Gasteiger partial charge < -0.3 is 11.1 Å². The first-order chi connectivity index (χ1) is 9.95. The summed E-state index contributed by atoms with van der Waals surface area (Å²) >= 11 is 7.31. The second-order valence-corrected chi connectivity index (χ2v) is 6.29. The number of nitrogen functional groups attached to an aromatic ring is 1. The summed E-state index contributed by atoms with van der Waals surface area (Å²) in [6.45, 7) is 3.97. The molecule has 0 bridgehead atoms. The SMILES string of the molecule is Cc1ccc(C)c(NC(=O)CSc2cc(Cl)ccc2N)c1. The molecule has 0 aromatic heterocycles. The second kappa shape index (κ2) is 6.87. The van der Waals surface area contributed by atoms with Gasteiger partial charge in [0.25, 0.3) is 0 Å². The monoisotopic (exact) mass is 320 g/mol. The molecule has 0 unspecified atom stereocenters. The lowest BCUT2D eigenvalue weighted by Gasteiger charge is -2.10. The van der Waals surface area contributed by atoms with Gasteiger partial charge in [-0.15, -0.1) is 11.8 Å². The first kappa shape index (κ1) is 15.7. The van der Waals surface area contributed by atoms with Crippen molar-refractivity contribution in [3.05, 3.63) is 52.5 Å². The molecule has 2 aromatic carbocycles. The molecule has 21 heavy (non-hydrogen) atoms. The summed E-state index contributed by atoms with van der Waals surface area (Å²) in [7, 11) is 0. The van der Waals surface area contributed by atoms with Gasteiger partial charge in [0.2, 0.25) is 5.91 Å². The number of hydrogen-bond donors (Lipinski definition) is 2. The molecular formula is C16H17ClN2OS. The lowest BCUT2D eigenvalue weighted by Crippen LogP contribution is -2.15. The van der Waals surface area contributed by atoms with E-state index in [9.17, 15) is 4.79 Å². The number of carbonyl (C=O) groups excluding carboxylic acids is 1. The van der Waals surface area contributed by atoms with Crippen molar-refractivity contribution in [2.45, 2.75) is 18.7 Å². The molecule has 2 rings (SSSR count). The average Bonchev–Trinajstić information content (AvgIpc) is 2.44. The third-order valence-electron chi connectivity index (χ3n) is 3.00. The van der Waals surface area contributed by atoms with Crippen LogP contribution in [0.3, 0.4) is 0 Å². The molecule has 3 N–H and O–H groups in total. The fourth-order valence-corrected chi connectivity index (χ4v) is 2.87. The highest BCUT2D eigenvalue weighted by molar-refractivity contribution is 8.00. The third kappa shape index (κ3) is 4.41. The van der Waals surface area contributed by atoms with Crippen LogP contribution < -0.4 is 11.1 Å². The number of nitrogens with two attached hydrogens (primary N) is 1. The van der Waals surface area contributed by atoms with Crippen LogP contribution in [0.5, 0.6) is 0 Å². The standard InChI is InChI=1S/C16H17ClN2OS/c1-10-3-4-11(2)14(7-10)19-16(20)9-21-15-8-12(17)5-6-13(15)18/h3-8H,9,18H2,1-2H3,(H,19,20). The second-order valence-electron chi connectivity index (χ2n) is 4.84. The van der Waals surface area contributed by atoms with Gasteiger partial charge in [-0.25, -0.2) is 0 Å². The van der Waals surface area contributed by atoms with Crippen molar-refractivity contribution in [3.63, 3.8) is 0 Å². The van der Waals surface area contributed by atoms with E-state index in [0.717, 1.165) is 21.7 Å². The van der Waals surface area contributed by atoms with Crippen LogP contribution in [0.15, 0.2) is 41.3 Å². The van der Waals surface area contributed by atoms with Crippen molar-refractivity contribution in [2.24, 2.45) is 0 Å². The van der Waals surface area contributed by atoms with E-state index >= 15 is 0 Å². The molecule has 0 heterocycles. The number of hydrogen-bond acceptors (Lipinski definition) is 3. The first-order valence-corrected chi connectivity index (χ1v) is 7.87. The quantitative estimate of drug-likeness (QED) is 0.653. The molecule has 3 nitrogen and oxygen atoms in total. The van der Waals surface area contributed by atoms with Crippen molar-refractivity contribution in [3.8, 4) is 0 Å². The molecule has 0 aliphatic rings. The van der Waals surface area contributed by atoms with Crippen LogP contribution in [0.4, 0.5) is 11.4 Å². The number of amides is 1. The molecule has 5 heteroatoms. The summed E-state index contributed by atoms with van der Waals surface area (Å²) in [6, 6.07) is 11.2. The molecule has 0 atom stereocenters. The minimum Gasteiger partial charge on any atom is -0.398 e. The van der Waals surface area contributed by atoms with Gasteiger partial charge in [-0.2, -0.15) is 0 Å². The summed E-state index contributed by atoms with van der Waals surface area (Å²) in [6.07, 6.45) is 0. The van der Waals surface area contributed by atoms with E-state index in [1.165, 1.54) is 11.8 Å². The van der Waals surface area contributed by atoms with Crippen LogP contribution in [0.25, 0.3) is 0 Å². The zero-order chi connectivity index (χ0) is 15.4. The Bertz CT molecular complexity index is 673. The molecule has 0 saturated carbocycles. The van der Waals surface area contributed by atoms with Gasteiger partial charge in [0.15, 0.2) is 0 Å². The van der Waals surface area contributed by atoms with E-state index in [0.29, 0.717) is 10.7 Å². The van der Waals surface area contributed by atoms with E-state index in [1.807, 2.05) is 32.0 Å². The zero-order valence-electron chi connectivity index (χ0n) is 11.9. The fraction of sp³-hybridized carbons (Fsp3) is 0.188. The molecule has 110 valence electrons. The van der Waals surface area contributed by atoms with E-state index in [-0.39, 0.29) is 11.7 Å². The minimum absolute atomic E-state index is 0.0620. The summed E-state index contributed by atoms with van der Waals surface area (Å²) < 4.78 is 0. The predicted octanol–water partition coefficient (Wildman–Crippen LogP) is 4.27. The van der Waals surface area contributed by atoms with E-state index < -0.39 is 0 Å². The van der Waals surface area contributed by atoms with Crippen LogP contribution in [-0.4, -0.2) is 11.7 Å². The Morgan fingerprint density at radius 3 is 2.76 bits per heavy atom. The Morgan fingerprint density at radius 2 is 2.00 bits per heavy atom. The number of carbonyl (C=O) groups is 1. The number of anilines is 2. The Morgan fingerprint density at radius 1 is 1.24 bits per heavy atom. The molecule has 0 saturated heterocycles. The van der Waals surface area contributed by atoms with Gasteiger partial charge >= 0.3 is 0 Å². The number of thioether (sulfide) groups is 1. The Hall–Kier alpha value is -1.65. The van der Waals surface area contributed by atoms with E-state index in [4.69, 9.17) is 17.3 Å². The Kier molecular flexibility index (Phi) is 5.15. The van der Waals surface area contributed by atoms with Gasteiger partial charge in [0.1, 0.15) is 0 Å². The van der Waals surface area contributed by atoms with Crippen LogP contribution >= 0.6 is 23.4 Å². The summed E-state index contributed by atoms with van der Waals surface area (Å²) in [5.74, 6) is 0.228. The largest absolute Gasteiger partial charge is 0.398 e. The van der Waals surface area contributed by atoms with Crippen molar-refractivity contribution < 1.29 is 4.79 Å². The molecule has 0 aliphatic carbocycles. The number of nitrogens with one attached hydrogen (secondary N) is 1. The highest BCUT2D eigenvalue weighted by Gasteiger charge is 2.08. The molecule has 0 fully saturated rings. The molecule has 0 spiro atoms. The molecule has 2 aromatic rings. The van der Waals surface area contributed by atoms with Crippen molar-refractivity contribution >= 4 is 40.6 Å². The van der Waals surface area contributed by atoms with Gasteiger partial charge in [-0.3, -0.25) is 4.79 Å². The van der Waals surface area contributed by atoms with Gasteiger partial charge in [0, 0.05) is 21.3 Å². The number of rotatable bonds is 4. The minimum atomic E-state index is -0.0620. The normalized spacial score (nSPS) is 10.4. The maximum atomic E-state index is 12.0. The predicted molar refractivity (Wildman–Crippen MR) is 91.1 cm³/mol. The van der Waals surface area contributed by atoms with Crippen LogP contribution in [0.2, 0.25) is 5.02 Å². The number of aryl methyl sites for hydroxylation is 2. The van der Waals surface area contributed by atoms with Crippen LogP contribution in [0.1, 0.15) is 11.1 Å². The summed E-state index contributed by atoms with van der Waals surface area (Å²) in [4.78, 5) is 12.9. The Balaban J connectivity index is 1.99. The highest BCUT2D eigenvalue weighted by atomic mass is 35.5. The lowest BCUT2D eigenvalue weighted by molar-refractivity contribution is -0.113. The Labute approximate surface area is 133 Å². The first-order valence-electron chi connectivity index (χ1n) is 6.50. The lowest BCUT2D eigenvalue weighted by atomic mass is 10.1. The highest BCUT2D eigenvalue weighted by Crippen LogP contribution is 2.28. The van der Waals surface area contributed by atoms with Gasteiger partial charge in [-0.1, -0.05) is 23.7 Å². The van der Waals surface area contributed by atoms with Crippen LogP contribution in [-0.2, 0) is 4.79 Å². The van der Waals surface area contributed by atoms with Crippen molar-refractivity contribution in [1.82, 2.24) is 0 Å². The van der Waals surface area contributed by atoms with E-state index in [1.54, 1.807) is 18.2 Å². The molecular weight excluding hydrogens is 304 g/mol. The van der Waals surface area contributed by atoms with Gasteiger partial charge in [0.05, 0.1) is 5.75 Å². The fourth-order valence-electron chi connectivity index (χ4n) is 1.83. The smallest absolute Gasteiger partial charge is 0.234 e. The van der Waals surface area contributed by atoms with E-state index in [2.05, 4.69) is 5.32 Å². The zero-order valence-corrected chi connectivity index (χ0v) is 13.5. The maximum Gasteiger partial charge on any atom is 0.234 e. The van der Waals surface area contributed by atoms with Crippen molar-refractivity contribution in [1.29, 1.82) is 0 Å². The molecule has 0 radical (unpaired) electrons. The topological polar surface area (TPSA) is 55.1 Å². The third-order valence-corrected chi connectivity index (χ3v) is 4.31. The average molecular weight is 321 g/mol. The van der Waals surface area contributed by atoms with Crippen molar-refractivity contribution in [2.75, 3.05) is 16.8 Å². The van der Waals surface area contributed by atoms with Gasteiger partial charge in [-0.05, 0) is 49.2 Å².